The van der Waals surface area contributed by atoms with E-state index in [2.05, 4.69) is 13.2 Å². The molecule has 1 amide bonds. The summed E-state index contributed by atoms with van der Waals surface area (Å²) in [5.41, 5.74) is 1.57. The van der Waals surface area contributed by atoms with E-state index in [0.717, 1.165) is 5.56 Å². The van der Waals surface area contributed by atoms with Crippen LogP contribution < -0.4 is 4.74 Å². The van der Waals surface area contributed by atoms with E-state index in [9.17, 15) is 9.59 Å². The van der Waals surface area contributed by atoms with E-state index in [1.54, 1.807) is 7.05 Å². The standard InChI is InChI=1S/C18H19NO3/c1-5-14(17-15(20)11-19(4)18(17)21)16(6-2)22-13-9-7-12(3)8-10-13/h5-10,17H,1-2,11H2,3-4H3/b16-14-. The molecule has 1 aliphatic heterocycles. The molecule has 0 bridgehead atoms. The zero-order valence-electron chi connectivity index (χ0n) is 12.8. The first-order chi connectivity index (χ1) is 10.5. The zero-order valence-corrected chi connectivity index (χ0v) is 12.8. The average molecular weight is 297 g/mol. The molecule has 114 valence electrons. The molecule has 0 aromatic heterocycles. The van der Waals surface area contributed by atoms with E-state index in [1.807, 2.05) is 31.2 Å². The van der Waals surface area contributed by atoms with Crippen molar-refractivity contribution in [2.45, 2.75) is 6.92 Å². The lowest BCUT2D eigenvalue weighted by atomic mass is 9.95. The maximum atomic E-state index is 12.2. The van der Waals surface area contributed by atoms with E-state index in [-0.39, 0.29) is 18.2 Å². The highest BCUT2D eigenvalue weighted by atomic mass is 16.5. The van der Waals surface area contributed by atoms with Crippen LogP contribution in [0.15, 0.2) is 60.9 Å². The zero-order chi connectivity index (χ0) is 16.3. The fourth-order valence-electron chi connectivity index (χ4n) is 2.38. The van der Waals surface area contributed by atoms with Gasteiger partial charge in [0.15, 0.2) is 5.78 Å². The fourth-order valence-corrected chi connectivity index (χ4v) is 2.38. The molecular formula is C18H19NO3. The monoisotopic (exact) mass is 297 g/mol. The van der Waals surface area contributed by atoms with Gasteiger partial charge in [0.25, 0.3) is 0 Å². The lowest BCUT2D eigenvalue weighted by molar-refractivity contribution is -0.130. The average Bonchev–Trinajstić information content (AvgIpc) is 2.75. The van der Waals surface area contributed by atoms with Gasteiger partial charge in [-0.1, -0.05) is 36.9 Å². The highest BCUT2D eigenvalue weighted by Crippen LogP contribution is 2.27. The number of hydrogen-bond acceptors (Lipinski definition) is 3. The van der Waals surface area contributed by atoms with Crippen LogP contribution in [-0.2, 0) is 9.59 Å². The number of likely N-dealkylation sites (N-methyl/N-ethyl adjacent to an activating group) is 1. The molecule has 1 aromatic carbocycles. The maximum Gasteiger partial charge on any atom is 0.238 e. The number of amides is 1. The highest BCUT2D eigenvalue weighted by molar-refractivity contribution is 6.11. The van der Waals surface area contributed by atoms with Gasteiger partial charge in [0.2, 0.25) is 5.91 Å². The van der Waals surface area contributed by atoms with E-state index in [1.165, 1.54) is 17.1 Å². The number of likely N-dealkylation sites (tertiary alicyclic amines) is 1. The molecule has 0 spiro atoms. The Morgan fingerprint density at radius 2 is 1.86 bits per heavy atom. The van der Waals surface area contributed by atoms with Crippen LogP contribution >= 0.6 is 0 Å². The minimum atomic E-state index is -0.860. The minimum absolute atomic E-state index is 0.107. The first-order valence-corrected chi connectivity index (χ1v) is 6.99. The summed E-state index contributed by atoms with van der Waals surface area (Å²) in [4.78, 5) is 25.7. The van der Waals surface area contributed by atoms with E-state index < -0.39 is 5.92 Å². The predicted octanol–water partition coefficient (Wildman–Crippen LogP) is 2.66. The molecule has 0 aliphatic carbocycles. The number of ketones is 1. The first kappa shape index (κ1) is 15.8. The van der Waals surface area contributed by atoms with E-state index >= 15 is 0 Å². The van der Waals surface area contributed by atoms with Gasteiger partial charge in [0.05, 0.1) is 6.54 Å². The van der Waals surface area contributed by atoms with Crippen LogP contribution in [0, 0.1) is 12.8 Å². The molecule has 0 N–H and O–H groups in total. The smallest absolute Gasteiger partial charge is 0.238 e. The Morgan fingerprint density at radius 3 is 2.32 bits per heavy atom. The van der Waals surface area contributed by atoms with Gasteiger partial charge in [-0.15, -0.1) is 0 Å². The van der Waals surface area contributed by atoms with Crippen molar-refractivity contribution in [1.29, 1.82) is 0 Å². The second-order valence-electron chi connectivity index (χ2n) is 5.24. The molecule has 1 aliphatic rings. The van der Waals surface area contributed by atoms with Crippen LogP contribution in [0.2, 0.25) is 0 Å². The summed E-state index contributed by atoms with van der Waals surface area (Å²) in [7, 11) is 1.61. The Balaban J connectivity index is 2.38. The first-order valence-electron chi connectivity index (χ1n) is 6.99. The lowest BCUT2D eigenvalue weighted by Gasteiger charge is -2.15. The molecule has 1 unspecified atom stereocenters. The molecule has 22 heavy (non-hydrogen) atoms. The van der Waals surface area contributed by atoms with Crippen LogP contribution in [0.3, 0.4) is 0 Å². The van der Waals surface area contributed by atoms with Crippen LogP contribution in [-0.4, -0.2) is 30.2 Å². The van der Waals surface area contributed by atoms with Gasteiger partial charge in [0, 0.05) is 12.6 Å². The fraction of sp³-hybridized carbons (Fsp3) is 0.222. The molecule has 1 atom stereocenters. The number of carbonyl (C=O) groups is 2. The van der Waals surface area contributed by atoms with Crippen molar-refractivity contribution in [2.75, 3.05) is 13.6 Å². The van der Waals surface area contributed by atoms with Crippen LogP contribution in [0.4, 0.5) is 0 Å². The van der Waals surface area contributed by atoms with Crippen molar-refractivity contribution < 1.29 is 14.3 Å². The molecule has 0 radical (unpaired) electrons. The maximum absolute atomic E-state index is 12.2. The normalized spacial score (nSPS) is 19.0. The summed E-state index contributed by atoms with van der Waals surface area (Å²) >= 11 is 0. The van der Waals surface area contributed by atoms with Gasteiger partial charge < -0.3 is 9.64 Å². The SMILES string of the molecule is C=C/C(Oc1ccc(C)cc1)=C(\C=C)C1C(=O)CN(C)C1=O. The summed E-state index contributed by atoms with van der Waals surface area (Å²) in [6.45, 7) is 9.52. The summed E-state index contributed by atoms with van der Waals surface area (Å²) in [5, 5.41) is 0. The Labute approximate surface area is 130 Å². The second kappa shape index (κ2) is 6.43. The molecular weight excluding hydrogens is 278 g/mol. The van der Waals surface area contributed by atoms with Crippen molar-refractivity contribution >= 4 is 11.7 Å². The van der Waals surface area contributed by atoms with Crippen molar-refractivity contribution in [3.8, 4) is 5.75 Å². The third-order valence-electron chi connectivity index (χ3n) is 3.59. The van der Waals surface area contributed by atoms with Crippen LogP contribution in [0.5, 0.6) is 5.75 Å². The van der Waals surface area contributed by atoms with Gasteiger partial charge >= 0.3 is 0 Å². The third kappa shape index (κ3) is 3.01. The minimum Gasteiger partial charge on any atom is -0.457 e. The number of ether oxygens (including phenoxy) is 1. The number of benzene rings is 1. The predicted molar refractivity (Wildman–Crippen MR) is 85.4 cm³/mol. The summed E-state index contributed by atoms with van der Waals surface area (Å²) < 4.78 is 5.78. The lowest BCUT2D eigenvalue weighted by Crippen LogP contribution is -2.24. The Morgan fingerprint density at radius 1 is 1.23 bits per heavy atom. The van der Waals surface area contributed by atoms with Gasteiger partial charge in [-0.05, 0) is 25.1 Å². The molecule has 1 heterocycles. The van der Waals surface area contributed by atoms with E-state index in [4.69, 9.17) is 4.74 Å². The summed E-state index contributed by atoms with van der Waals surface area (Å²) in [6, 6.07) is 7.49. The molecule has 1 fully saturated rings. The van der Waals surface area contributed by atoms with Gasteiger partial charge in [-0.2, -0.15) is 0 Å². The van der Waals surface area contributed by atoms with Crippen molar-refractivity contribution in [3.05, 3.63) is 66.5 Å². The molecule has 0 saturated carbocycles. The number of nitrogens with zero attached hydrogens (tertiary/aromatic N) is 1. The van der Waals surface area contributed by atoms with Crippen molar-refractivity contribution in [1.82, 2.24) is 4.90 Å². The van der Waals surface area contributed by atoms with Gasteiger partial charge in [-0.25, -0.2) is 0 Å². The van der Waals surface area contributed by atoms with E-state index in [0.29, 0.717) is 17.1 Å². The van der Waals surface area contributed by atoms with Gasteiger partial charge in [-0.3, -0.25) is 9.59 Å². The van der Waals surface area contributed by atoms with Crippen LogP contribution in [0.25, 0.3) is 0 Å². The molecule has 4 heteroatoms. The molecule has 4 nitrogen and oxygen atoms in total. The van der Waals surface area contributed by atoms with Crippen molar-refractivity contribution in [3.63, 3.8) is 0 Å². The number of carbonyl (C=O) groups excluding carboxylic acids is 2. The number of allylic oxidation sites excluding steroid dienone is 2. The molecule has 1 aromatic rings. The topological polar surface area (TPSA) is 46.6 Å². The molecule has 1 saturated heterocycles. The Hall–Kier alpha value is -2.62. The van der Waals surface area contributed by atoms with Crippen molar-refractivity contribution in [2.24, 2.45) is 5.92 Å². The largest absolute Gasteiger partial charge is 0.457 e. The Bertz CT molecular complexity index is 655. The molecule has 2 rings (SSSR count). The summed E-state index contributed by atoms with van der Waals surface area (Å²) in [5.74, 6) is -0.270. The quantitative estimate of drug-likeness (QED) is 0.477. The Kier molecular flexibility index (Phi) is 4.61. The van der Waals surface area contributed by atoms with Crippen LogP contribution in [0.1, 0.15) is 5.56 Å². The second-order valence-corrected chi connectivity index (χ2v) is 5.24. The highest BCUT2D eigenvalue weighted by Gasteiger charge is 2.40. The summed E-state index contributed by atoms with van der Waals surface area (Å²) in [6.07, 6.45) is 2.99. The number of aryl methyl sites for hydroxylation is 1. The van der Waals surface area contributed by atoms with Gasteiger partial charge in [0.1, 0.15) is 17.4 Å². The number of Topliss-reactive ketones (excluding diaryl/α,β-unsaturated/α-hetero) is 1. The number of rotatable bonds is 5. The third-order valence-corrected chi connectivity index (χ3v) is 3.59. The number of hydrogen-bond donors (Lipinski definition) is 0.